The summed E-state index contributed by atoms with van der Waals surface area (Å²) >= 11 is 0. The Labute approximate surface area is 171 Å². The Morgan fingerprint density at radius 3 is 2.14 bits per heavy atom. The zero-order valence-corrected chi connectivity index (χ0v) is 17.4. The monoisotopic (exact) mass is 415 g/mol. The minimum atomic E-state index is -3.57. The van der Waals surface area contributed by atoms with Gasteiger partial charge in [0.05, 0.1) is 4.90 Å². The number of nitrogens with two attached hydrogens (primary N) is 1. The largest absolute Gasteiger partial charge is 0.366 e. The topological polar surface area (TPSA) is 101 Å². The first-order chi connectivity index (χ1) is 13.7. The number of sulfonamides is 1. The van der Waals surface area contributed by atoms with E-state index in [0.29, 0.717) is 23.4 Å². The Hall–Kier alpha value is -2.71. The lowest BCUT2D eigenvalue weighted by Crippen LogP contribution is -2.41. The van der Waals surface area contributed by atoms with Gasteiger partial charge in [0.1, 0.15) is 0 Å². The van der Waals surface area contributed by atoms with E-state index in [1.807, 2.05) is 6.92 Å². The van der Waals surface area contributed by atoms with Crippen molar-refractivity contribution in [2.45, 2.75) is 37.1 Å². The van der Waals surface area contributed by atoms with Gasteiger partial charge in [-0.2, -0.15) is 4.31 Å². The molecular weight excluding hydrogens is 390 g/mol. The predicted molar refractivity (Wildman–Crippen MR) is 111 cm³/mol. The molecule has 1 aliphatic rings. The van der Waals surface area contributed by atoms with E-state index in [2.05, 4.69) is 0 Å². The Kier molecular flexibility index (Phi) is 6.04. The summed E-state index contributed by atoms with van der Waals surface area (Å²) in [6.07, 6.45) is 2.75. The molecule has 2 aromatic carbocycles. The molecule has 0 aliphatic carbocycles. The van der Waals surface area contributed by atoms with Gasteiger partial charge in [-0.15, -0.1) is 0 Å². The van der Waals surface area contributed by atoms with E-state index in [0.717, 1.165) is 19.3 Å². The number of carbonyl (C=O) groups excluding carboxylic acids is 2. The maximum Gasteiger partial charge on any atom is 0.258 e. The van der Waals surface area contributed by atoms with Crippen molar-refractivity contribution in [1.82, 2.24) is 4.31 Å². The van der Waals surface area contributed by atoms with Crippen molar-refractivity contribution >= 4 is 27.5 Å². The number of rotatable bonds is 5. The second kappa shape index (κ2) is 8.34. The molecule has 2 N–H and O–H groups in total. The van der Waals surface area contributed by atoms with Gasteiger partial charge in [-0.3, -0.25) is 9.59 Å². The molecule has 1 fully saturated rings. The van der Waals surface area contributed by atoms with Crippen LogP contribution in [0.3, 0.4) is 0 Å². The average molecular weight is 416 g/mol. The summed E-state index contributed by atoms with van der Waals surface area (Å²) in [4.78, 5) is 25.5. The predicted octanol–water partition coefficient (Wildman–Crippen LogP) is 2.63. The molecule has 1 aliphatic heterocycles. The molecule has 3 rings (SSSR count). The van der Waals surface area contributed by atoms with E-state index < -0.39 is 15.9 Å². The van der Waals surface area contributed by atoms with E-state index >= 15 is 0 Å². The third kappa shape index (κ3) is 4.33. The van der Waals surface area contributed by atoms with E-state index in [1.165, 1.54) is 29.2 Å². The van der Waals surface area contributed by atoms with Gasteiger partial charge in [0, 0.05) is 36.4 Å². The second-order valence-corrected chi connectivity index (χ2v) is 9.15. The van der Waals surface area contributed by atoms with Crippen molar-refractivity contribution < 1.29 is 18.0 Å². The summed E-state index contributed by atoms with van der Waals surface area (Å²) in [5.41, 5.74) is 6.56. The first-order valence-corrected chi connectivity index (χ1v) is 11.0. The molecule has 0 radical (unpaired) electrons. The van der Waals surface area contributed by atoms with Gasteiger partial charge in [0.2, 0.25) is 15.9 Å². The lowest BCUT2D eigenvalue weighted by Gasteiger charge is -2.32. The fraction of sp³-hybridized carbons (Fsp3) is 0.333. The molecule has 1 heterocycles. The van der Waals surface area contributed by atoms with Gasteiger partial charge in [0.15, 0.2) is 0 Å². The van der Waals surface area contributed by atoms with Gasteiger partial charge in [-0.25, -0.2) is 8.42 Å². The summed E-state index contributed by atoms with van der Waals surface area (Å²) in [6.45, 7) is 2.45. The molecule has 1 atom stereocenters. The Balaban J connectivity index is 1.78. The summed E-state index contributed by atoms with van der Waals surface area (Å²) in [5, 5.41) is 0. The number of benzene rings is 2. The fourth-order valence-corrected chi connectivity index (χ4v) is 5.19. The van der Waals surface area contributed by atoms with Gasteiger partial charge in [-0.05, 0) is 68.3 Å². The quantitative estimate of drug-likeness (QED) is 0.811. The minimum absolute atomic E-state index is 0.0236. The van der Waals surface area contributed by atoms with E-state index in [-0.39, 0.29) is 16.8 Å². The smallest absolute Gasteiger partial charge is 0.258 e. The number of primary amides is 1. The SMILES string of the molecule is CC1CCCCN1S(=O)(=O)c1ccc(C(=O)N(C)c2ccc(C(N)=O)cc2)cc1. The van der Waals surface area contributed by atoms with E-state index in [9.17, 15) is 18.0 Å². The molecule has 2 amide bonds. The summed E-state index contributed by atoms with van der Waals surface area (Å²) in [5.74, 6) is -0.822. The molecule has 0 aromatic heterocycles. The van der Waals surface area contributed by atoms with Crippen LogP contribution in [0.5, 0.6) is 0 Å². The van der Waals surface area contributed by atoms with Crippen LogP contribution < -0.4 is 10.6 Å². The number of hydrogen-bond acceptors (Lipinski definition) is 4. The van der Waals surface area contributed by atoms with Gasteiger partial charge >= 0.3 is 0 Å². The van der Waals surface area contributed by atoms with Crippen LogP contribution in [0.2, 0.25) is 0 Å². The van der Waals surface area contributed by atoms with Gasteiger partial charge < -0.3 is 10.6 Å². The third-order valence-corrected chi connectivity index (χ3v) is 7.32. The van der Waals surface area contributed by atoms with Crippen LogP contribution >= 0.6 is 0 Å². The number of hydrogen-bond donors (Lipinski definition) is 1. The Morgan fingerprint density at radius 1 is 1.00 bits per heavy atom. The second-order valence-electron chi connectivity index (χ2n) is 7.26. The van der Waals surface area contributed by atoms with Crippen LogP contribution in [0.4, 0.5) is 5.69 Å². The molecular formula is C21H25N3O4S. The van der Waals surface area contributed by atoms with Crippen molar-refractivity contribution in [2.24, 2.45) is 5.73 Å². The highest BCUT2D eigenvalue weighted by atomic mass is 32.2. The van der Waals surface area contributed by atoms with Gasteiger partial charge in [0.25, 0.3) is 5.91 Å². The standard InChI is InChI=1S/C21H25N3O4S/c1-15-5-3-4-14-24(15)29(27,28)19-12-8-17(9-13-19)21(26)23(2)18-10-6-16(7-11-18)20(22)25/h6-13,15H,3-5,14H2,1-2H3,(H2,22,25). The van der Waals surface area contributed by atoms with Crippen molar-refractivity contribution in [3.8, 4) is 0 Å². The molecule has 1 unspecified atom stereocenters. The van der Waals surface area contributed by atoms with E-state index in [1.54, 1.807) is 35.6 Å². The van der Waals surface area contributed by atoms with Crippen molar-refractivity contribution in [3.63, 3.8) is 0 Å². The zero-order chi connectivity index (χ0) is 21.2. The first kappa shape index (κ1) is 21.0. The summed E-state index contributed by atoms with van der Waals surface area (Å²) < 4.78 is 27.4. The number of piperidine rings is 1. The molecule has 0 saturated carbocycles. The minimum Gasteiger partial charge on any atom is -0.366 e. The lowest BCUT2D eigenvalue weighted by atomic mass is 10.1. The Bertz CT molecular complexity index is 1000. The van der Waals surface area contributed by atoms with Crippen LogP contribution in [0.1, 0.15) is 46.9 Å². The lowest BCUT2D eigenvalue weighted by molar-refractivity contribution is 0.0989. The molecule has 29 heavy (non-hydrogen) atoms. The molecule has 1 saturated heterocycles. The summed E-state index contributed by atoms with van der Waals surface area (Å²) in [7, 11) is -1.96. The number of carbonyl (C=O) groups is 2. The first-order valence-electron chi connectivity index (χ1n) is 9.51. The maximum absolute atomic E-state index is 12.9. The van der Waals surface area contributed by atoms with Crippen molar-refractivity contribution in [2.75, 3.05) is 18.5 Å². The maximum atomic E-state index is 12.9. The van der Waals surface area contributed by atoms with Crippen molar-refractivity contribution in [3.05, 3.63) is 59.7 Å². The molecule has 8 heteroatoms. The number of nitrogens with zero attached hydrogens (tertiary/aromatic N) is 2. The highest BCUT2D eigenvalue weighted by molar-refractivity contribution is 7.89. The van der Waals surface area contributed by atoms with Crippen LogP contribution in [0, 0.1) is 0 Å². The third-order valence-electron chi connectivity index (χ3n) is 5.29. The van der Waals surface area contributed by atoms with Crippen LogP contribution in [0.15, 0.2) is 53.4 Å². The van der Waals surface area contributed by atoms with Crippen LogP contribution in [-0.4, -0.2) is 44.2 Å². The molecule has 0 bridgehead atoms. The zero-order valence-electron chi connectivity index (χ0n) is 16.5. The van der Waals surface area contributed by atoms with Gasteiger partial charge in [-0.1, -0.05) is 6.42 Å². The molecule has 154 valence electrons. The molecule has 7 nitrogen and oxygen atoms in total. The molecule has 2 aromatic rings. The van der Waals surface area contributed by atoms with Crippen molar-refractivity contribution in [1.29, 1.82) is 0 Å². The highest BCUT2D eigenvalue weighted by Crippen LogP contribution is 2.25. The highest BCUT2D eigenvalue weighted by Gasteiger charge is 2.31. The average Bonchev–Trinajstić information content (AvgIpc) is 2.73. The van der Waals surface area contributed by atoms with E-state index in [4.69, 9.17) is 5.73 Å². The number of anilines is 1. The normalized spacial score (nSPS) is 17.7. The Morgan fingerprint density at radius 2 is 1.59 bits per heavy atom. The van der Waals surface area contributed by atoms with Crippen LogP contribution in [0.25, 0.3) is 0 Å². The summed E-state index contributed by atoms with van der Waals surface area (Å²) in [6, 6.07) is 12.4. The fourth-order valence-electron chi connectivity index (χ4n) is 3.49. The number of amides is 2. The van der Waals surface area contributed by atoms with Crippen LogP contribution in [-0.2, 0) is 10.0 Å². The molecule has 0 spiro atoms.